The van der Waals surface area contributed by atoms with Gasteiger partial charge in [0.2, 0.25) is 0 Å². The fourth-order valence-electron chi connectivity index (χ4n) is 2.82. The number of nitrogens with one attached hydrogen (secondary N) is 1. The predicted molar refractivity (Wildman–Crippen MR) is 78.5 cm³/mol. The van der Waals surface area contributed by atoms with E-state index in [2.05, 4.69) is 5.32 Å². The van der Waals surface area contributed by atoms with Crippen LogP contribution in [0.2, 0.25) is 0 Å². The van der Waals surface area contributed by atoms with Gasteiger partial charge < -0.3 is 10.2 Å². The molecule has 1 aliphatic rings. The van der Waals surface area contributed by atoms with Crippen LogP contribution < -0.4 is 5.32 Å². The summed E-state index contributed by atoms with van der Waals surface area (Å²) in [4.78, 5) is 13.9. The third-order valence-corrected chi connectivity index (χ3v) is 4.08. The van der Waals surface area contributed by atoms with E-state index in [1.165, 1.54) is 6.07 Å². The van der Waals surface area contributed by atoms with Crippen LogP contribution in [0.5, 0.6) is 0 Å². The molecule has 2 rings (SSSR count). The van der Waals surface area contributed by atoms with Gasteiger partial charge in [-0.25, -0.2) is 4.39 Å². The molecular weight excluding hydrogens is 255 g/mol. The molecule has 3 nitrogen and oxygen atoms in total. The van der Waals surface area contributed by atoms with Crippen LogP contribution in [0.4, 0.5) is 4.39 Å². The van der Waals surface area contributed by atoms with Crippen molar-refractivity contribution in [1.82, 2.24) is 10.2 Å². The van der Waals surface area contributed by atoms with Gasteiger partial charge in [-0.05, 0) is 63.4 Å². The summed E-state index contributed by atoms with van der Waals surface area (Å²) in [5.74, 6) is -0.0606. The molecule has 0 unspecified atom stereocenters. The summed E-state index contributed by atoms with van der Waals surface area (Å²) in [5, 5.41) is 3.28. The zero-order valence-electron chi connectivity index (χ0n) is 12.3. The fourth-order valence-corrected chi connectivity index (χ4v) is 2.82. The summed E-state index contributed by atoms with van der Waals surface area (Å²) in [6.07, 6.45) is 1.92. The molecule has 0 atom stereocenters. The smallest absolute Gasteiger partial charge is 0.253 e. The second-order valence-corrected chi connectivity index (χ2v) is 5.24. The Morgan fingerprint density at radius 3 is 2.50 bits per heavy atom. The van der Waals surface area contributed by atoms with Gasteiger partial charge in [-0.15, -0.1) is 0 Å². The molecule has 1 fully saturated rings. The highest BCUT2D eigenvalue weighted by Crippen LogP contribution is 2.28. The highest BCUT2D eigenvalue weighted by atomic mass is 19.1. The summed E-state index contributed by atoms with van der Waals surface area (Å²) >= 11 is 0. The van der Waals surface area contributed by atoms with Crippen molar-refractivity contribution in [2.24, 2.45) is 0 Å². The Labute approximate surface area is 120 Å². The van der Waals surface area contributed by atoms with Crippen molar-refractivity contribution in [2.75, 3.05) is 26.2 Å². The van der Waals surface area contributed by atoms with E-state index in [1.54, 1.807) is 17.0 Å². The molecule has 1 aromatic carbocycles. The molecule has 110 valence electrons. The van der Waals surface area contributed by atoms with Crippen molar-refractivity contribution >= 4 is 5.91 Å². The van der Waals surface area contributed by atoms with Crippen molar-refractivity contribution in [3.05, 3.63) is 35.1 Å². The molecule has 20 heavy (non-hydrogen) atoms. The summed E-state index contributed by atoms with van der Waals surface area (Å²) in [5.41, 5.74) is 1.20. The van der Waals surface area contributed by atoms with Gasteiger partial charge in [0.1, 0.15) is 5.82 Å². The molecule has 4 heteroatoms. The van der Waals surface area contributed by atoms with Gasteiger partial charge in [0.05, 0.1) is 0 Å². The highest BCUT2D eigenvalue weighted by Gasteiger charge is 2.20. The monoisotopic (exact) mass is 278 g/mol. The van der Waals surface area contributed by atoms with E-state index in [0.29, 0.717) is 18.7 Å². The zero-order valence-corrected chi connectivity index (χ0v) is 12.3. The minimum Gasteiger partial charge on any atom is -0.339 e. The maximum atomic E-state index is 14.3. The quantitative estimate of drug-likeness (QED) is 0.918. The molecule has 1 heterocycles. The minimum absolute atomic E-state index is 0.0919. The van der Waals surface area contributed by atoms with Gasteiger partial charge in [0, 0.05) is 18.7 Å². The first-order valence-corrected chi connectivity index (χ1v) is 7.46. The SMILES string of the molecule is CCN(CC)C(=O)c1ccc(C2CCNCC2)c(F)c1. The zero-order chi connectivity index (χ0) is 14.5. The number of amides is 1. The predicted octanol–water partition coefficient (Wildman–Crippen LogP) is 2.77. The van der Waals surface area contributed by atoms with Gasteiger partial charge >= 0.3 is 0 Å². The average Bonchev–Trinajstić information content (AvgIpc) is 2.49. The number of piperidine rings is 1. The van der Waals surface area contributed by atoms with Crippen LogP contribution in [-0.4, -0.2) is 37.0 Å². The van der Waals surface area contributed by atoms with E-state index >= 15 is 0 Å². The Morgan fingerprint density at radius 1 is 1.30 bits per heavy atom. The molecule has 0 aliphatic carbocycles. The Hall–Kier alpha value is -1.42. The summed E-state index contributed by atoms with van der Waals surface area (Å²) in [6.45, 7) is 7.02. The molecule has 1 saturated heterocycles. The topological polar surface area (TPSA) is 32.3 Å². The first-order chi connectivity index (χ1) is 9.67. The van der Waals surface area contributed by atoms with Gasteiger partial charge in [0.15, 0.2) is 0 Å². The van der Waals surface area contributed by atoms with E-state index in [0.717, 1.165) is 31.5 Å². The Morgan fingerprint density at radius 2 is 1.95 bits per heavy atom. The van der Waals surface area contributed by atoms with Crippen LogP contribution in [-0.2, 0) is 0 Å². The third kappa shape index (κ3) is 3.18. The lowest BCUT2D eigenvalue weighted by Crippen LogP contribution is -2.30. The molecule has 0 bridgehead atoms. The van der Waals surface area contributed by atoms with Crippen molar-refractivity contribution in [1.29, 1.82) is 0 Å². The van der Waals surface area contributed by atoms with Crippen LogP contribution in [0.25, 0.3) is 0 Å². The number of nitrogens with zero attached hydrogens (tertiary/aromatic N) is 1. The highest BCUT2D eigenvalue weighted by molar-refractivity contribution is 5.94. The third-order valence-electron chi connectivity index (χ3n) is 4.08. The van der Waals surface area contributed by atoms with Crippen molar-refractivity contribution < 1.29 is 9.18 Å². The van der Waals surface area contributed by atoms with Gasteiger partial charge in [0.25, 0.3) is 5.91 Å². The standard InChI is InChI=1S/C16H23FN2O/c1-3-19(4-2)16(20)13-5-6-14(15(17)11-13)12-7-9-18-10-8-12/h5-6,11-12,18H,3-4,7-10H2,1-2H3. The van der Waals surface area contributed by atoms with Crippen LogP contribution >= 0.6 is 0 Å². The van der Waals surface area contributed by atoms with E-state index in [9.17, 15) is 9.18 Å². The van der Waals surface area contributed by atoms with Gasteiger partial charge in [-0.1, -0.05) is 6.07 Å². The van der Waals surface area contributed by atoms with Crippen LogP contribution in [0.3, 0.4) is 0 Å². The lowest BCUT2D eigenvalue weighted by atomic mass is 9.89. The molecule has 0 radical (unpaired) electrons. The Balaban J connectivity index is 2.18. The maximum Gasteiger partial charge on any atom is 0.253 e. The number of carbonyl (C=O) groups is 1. The first-order valence-electron chi connectivity index (χ1n) is 7.46. The summed E-state index contributed by atoms with van der Waals surface area (Å²) < 4.78 is 14.3. The number of halogens is 1. The largest absolute Gasteiger partial charge is 0.339 e. The van der Waals surface area contributed by atoms with Crippen molar-refractivity contribution in [2.45, 2.75) is 32.6 Å². The number of hydrogen-bond donors (Lipinski definition) is 1. The van der Waals surface area contributed by atoms with E-state index in [-0.39, 0.29) is 17.6 Å². The lowest BCUT2D eigenvalue weighted by molar-refractivity contribution is 0.0772. The molecular formula is C16H23FN2O. The van der Waals surface area contributed by atoms with E-state index < -0.39 is 0 Å². The number of benzene rings is 1. The summed E-state index contributed by atoms with van der Waals surface area (Å²) in [6, 6.07) is 4.96. The van der Waals surface area contributed by atoms with Crippen LogP contribution in [0, 0.1) is 5.82 Å². The number of carbonyl (C=O) groups excluding carboxylic acids is 1. The first kappa shape index (κ1) is 15.0. The van der Waals surface area contributed by atoms with Crippen molar-refractivity contribution in [3.63, 3.8) is 0 Å². The van der Waals surface area contributed by atoms with E-state index in [4.69, 9.17) is 0 Å². The average molecular weight is 278 g/mol. The normalized spacial score (nSPS) is 16.1. The molecule has 1 aromatic rings. The molecule has 0 saturated carbocycles. The van der Waals surface area contributed by atoms with Crippen LogP contribution in [0.15, 0.2) is 18.2 Å². The Kier molecular flexibility index (Phi) is 5.12. The van der Waals surface area contributed by atoms with E-state index in [1.807, 2.05) is 13.8 Å². The number of hydrogen-bond acceptors (Lipinski definition) is 2. The molecule has 1 N–H and O–H groups in total. The lowest BCUT2D eigenvalue weighted by Gasteiger charge is -2.24. The molecule has 1 amide bonds. The summed E-state index contributed by atoms with van der Waals surface area (Å²) in [7, 11) is 0. The fraction of sp³-hybridized carbons (Fsp3) is 0.562. The second kappa shape index (κ2) is 6.84. The minimum atomic E-state index is -0.241. The Bertz CT molecular complexity index is 466. The van der Waals surface area contributed by atoms with Crippen LogP contribution in [0.1, 0.15) is 48.5 Å². The second-order valence-electron chi connectivity index (χ2n) is 5.24. The van der Waals surface area contributed by atoms with Crippen molar-refractivity contribution in [3.8, 4) is 0 Å². The molecule has 0 spiro atoms. The van der Waals surface area contributed by atoms with Gasteiger partial charge in [-0.2, -0.15) is 0 Å². The number of rotatable bonds is 4. The molecule has 1 aliphatic heterocycles. The van der Waals surface area contributed by atoms with Gasteiger partial charge in [-0.3, -0.25) is 4.79 Å². The maximum absolute atomic E-state index is 14.3. The molecule has 0 aromatic heterocycles.